The van der Waals surface area contributed by atoms with Crippen LogP contribution in [0.4, 0.5) is 0 Å². The van der Waals surface area contributed by atoms with Crippen LogP contribution in [-0.2, 0) is 0 Å². The van der Waals surface area contributed by atoms with Crippen LogP contribution in [-0.4, -0.2) is 4.98 Å². The lowest BCUT2D eigenvalue weighted by atomic mass is 9.97. The molecule has 0 atom stereocenters. The summed E-state index contributed by atoms with van der Waals surface area (Å²) in [6, 6.07) is 61.7. The van der Waals surface area contributed by atoms with E-state index in [-0.39, 0.29) is 0 Å². The Labute approximate surface area is 273 Å². The SMILES string of the molecule is c1ccc(-c2nc3ccccc3c3c2ccc2c4cccc(-c5ccc(P(c6ccccc6)c6ccccc6)cc5)c4sc23)cc1. The van der Waals surface area contributed by atoms with E-state index < -0.39 is 7.92 Å². The van der Waals surface area contributed by atoms with E-state index in [0.717, 1.165) is 16.8 Å². The van der Waals surface area contributed by atoms with Gasteiger partial charge >= 0.3 is 0 Å². The van der Waals surface area contributed by atoms with Gasteiger partial charge in [0.05, 0.1) is 11.2 Å². The summed E-state index contributed by atoms with van der Waals surface area (Å²) in [7, 11) is -0.641. The van der Waals surface area contributed by atoms with Crippen LogP contribution < -0.4 is 15.9 Å². The molecule has 0 saturated carbocycles. The summed E-state index contributed by atoms with van der Waals surface area (Å²) in [5.41, 5.74) is 5.74. The van der Waals surface area contributed by atoms with E-state index in [1.165, 1.54) is 63.4 Å². The highest BCUT2D eigenvalue weighted by atomic mass is 32.1. The zero-order valence-corrected chi connectivity index (χ0v) is 26.7. The molecule has 0 aliphatic carbocycles. The molecule has 1 nitrogen and oxygen atoms in total. The van der Waals surface area contributed by atoms with E-state index in [0.29, 0.717) is 0 Å². The molecule has 7 aromatic carbocycles. The first kappa shape index (κ1) is 27.2. The van der Waals surface area contributed by atoms with Crippen LogP contribution in [0.5, 0.6) is 0 Å². The van der Waals surface area contributed by atoms with Gasteiger partial charge in [-0.2, -0.15) is 0 Å². The number of nitrogens with zero attached hydrogens (tertiary/aromatic N) is 1. The van der Waals surface area contributed by atoms with E-state index in [1.54, 1.807) is 0 Å². The predicted octanol–water partition coefficient (Wildman–Crippen LogP) is 10.8. The zero-order valence-electron chi connectivity index (χ0n) is 25.0. The Bertz CT molecular complexity index is 2460. The molecule has 9 aromatic rings. The topological polar surface area (TPSA) is 12.9 Å². The molecule has 0 bridgehead atoms. The van der Waals surface area contributed by atoms with E-state index in [2.05, 4.69) is 170 Å². The highest BCUT2D eigenvalue weighted by Crippen LogP contribution is 2.46. The number of fused-ring (bicyclic) bond motifs is 7. The van der Waals surface area contributed by atoms with Crippen molar-refractivity contribution >= 4 is 77.0 Å². The summed E-state index contributed by atoms with van der Waals surface area (Å²) >= 11 is 1.91. The first-order valence-electron chi connectivity index (χ1n) is 15.6. The quantitative estimate of drug-likeness (QED) is 0.138. The molecule has 2 heterocycles. The molecule has 0 aliphatic rings. The van der Waals surface area contributed by atoms with Crippen molar-refractivity contribution in [3.05, 3.63) is 170 Å². The zero-order chi connectivity index (χ0) is 30.5. The van der Waals surface area contributed by atoms with Crippen molar-refractivity contribution in [1.29, 1.82) is 0 Å². The molecule has 3 heteroatoms. The largest absolute Gasteiger partial charge is 0.247 e. The van der Waals surface area contributed by atoms with Crippen LogP contribution in [0.2, 0.25) is 0 Å². The second-order valence-electron chi connectivity index (χ2n) is 11.5. The van der Waals surface area contributed by atoms with E-state index in [4.69, 9.17) is 4.98 Å². The van der Waals surface area contributed by atoms with Gasteiger partial charge in [0.15, 0.2) is 0 Å². The van der Waals surface area contributed by atoms with Crippen LogP contribution in [0, 0.1) is 0 Å². The molecule has 0 amide bonds. The summed E-state index contributed by atoms with van der Waals surface area (Å²) in [4.78, 5) is 5.17. The highest BCUT2D eigenvalue weighted by Gasteiger charge is 2.19. The first-order chi connectivity index (χ1) is 22.8. The van der Waals surface area contributed by atoms with Crippen molar-refractivity contribution in [2.45, 2.75) is 0 Å². The van der Waals surface area contributed by atoms with Crippen molar-refractivity contribution in [3.8, 4) is 22.4 Å². The van der Waals surface area contributed by atoms with Crippen molar-refractivity contribution in [1.82, 2.24) is 4.98 Å². The van der Waals surface area contributed by atoms with Crippen LogP contribution >= 0.6 is 19.3 Å². The molecule has 0 N–H and O–H groups in total. The van der Waals surface area contributed by atoms with Crippen LogP contribution in [0.25, 0.3) is 64.2 Å². The third kappa shape index (κ3) is 4.53. The van der Waals surface area contributed by atoms with Crippen LogP contribution in [0.15, 0.2) is 170 Å². The molecule has 0 aliphatic heterocycles. The normalized spacial score (nSPS) is 11.7. The summed E-state index contributed by atoms with van der Waals surface area (Å²) < 4.78 is 2.65. The Morgan fingerprint density at radius 3 is 1.67 bits per heavy atom. The van der Waals surface area contributed by atoms with Gasteiger partial charge in [0.25, 0.3) is 0 Å². The molecule has 0 fully saturated rings. The van der Waals surface area contributed by atoms with Gasteiger partial charge in [-0.15, -0.1) is 11.3 Å². The first-order valence-corrected chi connectivity index (χ1v) is 17.7. The molecule has 46 heavy (non-hydrogen) atoms. The van der Waals surface area contributed by atoms with Gasteiger partial charge in [-0.25, -0.2) is 4.98 Å². The van der Waals surface area contributed by atoms with Gasteiger partial charge in [0.1, 0.15) is 0 Å². The second kappa shape index (κ2) is 11.3. The highest BCUT2D eigenvalue weighted by molar-refractivity contribution is 7.79. The number of benzene rings is 7. The van der Waals surface area contributed by atoms with Crippen LogP contribution in [0.1, 0.15) is 0 Å². The number of thiophene rings is 1. The average molecular weight is 622 g/mol. The molecule has 0 spiro atoms. The summed E-state index contributed by atoms with van der Waals surface area (Å²) in [5.74, 6) is 0. The molecular formula is C43H28NPS. The smallest absolute Gasteiger partial charge is 0.0788 e. The molecule has 0 radical (unpaired) electrons. The summed E-state index contributed by atoms with van der Waals surface area (Å²) in [6.07, 6.45) is 0. The van der Waals surface area contributed by atoms with Gasteiger partial charge in [0.2, 0.25) is 0 Å². The summed E-state index contributed by atoms with van der Waals surface area (Å²) in [6.45, 7) is 0. The minimum Gasteiger partial charge on any atom is -0.247 e. The van der Waals surface area contributed by atoms with Crippen molar-refractivity contribution in [3.63, 3.8) is 0 Å². The maximum Gasteiger partial charge on any atom is 0.0788 e. The lowest BCUT2D eigenvalue weighted by Gasteiger charge is -2.19. The van der Waals surface area contributed by atoms with Crippen molar-refractivity contribution in [2.75, 3.05) is 0 Å². The number of hydrogen-bond acceptors (Lipinski definition) is 2. The Balaban J connectivity index is 1.23. The summed E-state index contributed by atoms with van der Waals surface area (Å²) in [5, 5.41) is 10.4. The molecule has 2 aromatic heterocycles. The molecular weight excluding hydrogens is 594 g/mol. The average Bonchev–Trinajstić information content (AvgIpc) is 3.52. The minimum absolute atomic E-state index is 0.641. The van der Waals surface area contributed by atoms with Gasteiger partial charge in [-0.05, 0) is 41.0 Å². The number of pyridine rings is 1. The number of rotatable bonds is 5. The van der Waals surface area contributed by atoms with E-state index >= 15 is 0 Å². The molecule has 0 saturated heterocycles. The maximum absolute atomic E-state index is 5.17. The van der Waals surface area contributed by atoms with Crippen molar-refractivity contribution < 1.29 is 0 Å². The Hall–Kier alpha value is -5.14. The predicted molar refractivity (Wildman–Crippen MR) is 202 cm³/mol. The van der Waals surface area contributed by atoms with Gasteiger partial charge in [0, 0.05) is 41.9 Å². The van der Waals surface area contributed by atoms with E-state index in [9.17, 15) is 0 Å². The van der Waals surface area contributed by atoms with E-state index in [1.807, 2.05) is 11.3 Å². The Kier molecular flexibility index (Phi) is 6.70. The lowest BCUT2D eigenvalue weighted by Crippen LogP contribution is -2.20. The third-order valence-corrected chi connectivity index (χ3v) is 12.6. The second-order valence-corrected chi connectivity index (χ2v) is 14.8. The minimum atomic E-state index is -0.641. The number of aromatic nitrogens is 1. The van der Waals surface area contributed by atoms with Crippen molar-refractivity contribution in [2.24, 2.45) is 0 Å². The Morgan fingerprint density at radius 1 is 0.391 bits per heavy atom. The fraction of sp³-hybridized carbons (Fsp3) is 0. The molecule has 216 valence electrons. The third-order valence-electron chi connectivity index (χ3n) is 8.84. The van der Waals surface area contributed by atoms with Gasteiger partial charge in [-0.3, -0.25) is 0 Å². The lowest BCUT2D eigenvalue weighted by molar-refractivity contribution is 1.43. The molecule has 0 unspecified atom stereocenters. The van der Waals surface area contributed by atoms with Crippen LogP contribution in [0.3, 0.4) is 0 Å². The number of hydrogen-bond donors (Lipinski definition) is 0. The monoisotopic (exact) mass is 621 g/mol. The maximum atomic E-state index is 5.17. The molecule has 9 rings (SSSR count). The fourth-order valence-electron chi connectivity index (χ4n) is 6.72. The fourth-order valence-corrected chi connectivity index (χ4v) is 10.4. The number of para-hydroxylation sites is 1. The van der Waals surface area contributed by atoms with Gasteiger partial charge in [-0.1, -0.05) is 164 Å². The Morgan fingerprint density at radius 2 is 0.957 bits per heavy atom. The van der Waals surface area contributed by atoms with Gasteiger partial charge < -0.3 is 0 Å². The standard InChI is InChI=1S/C43H28NPS/c1-4-13-30(14-5-1)41-38-28-27-36-35-21-12-20-34(42(35)46-43(36)40(38)37-19-10-11-22-39(37)44-41)29-23-25-33(26-24-29)45(31-15-6-2-7-16-31)32-17-8-3-9-18-32/h1-28H.